The molecule has 19 heavy (non-hydrogen) atoms. The predicted octanol–water partition coefficient (Wildman–Crippen LogP) is 1.79. The summed E-state index contributed by atoms with van der Waals surface area (Å²) >= 11 is 0. The average molecular weight is 253 g/mol. The standard InChI is InChI=1S/C13H11N5O/c14-10-4-2-1-3-9(10)12(19)18-13-16-7-8-5-6-15-11(8)17-13/h1-7H,14H2,(H2,15,16,17,18,19). The number of nitrogens with zero attached hydrogens (tertiary/aromatic N) is 2. The number of nitrogens with one attached hydrogen (secondary N) is 2. The van der Waals surface area contributed by atoms with Crippen LogP contribution in [0.5, 0.6) is 0 Å². The maximum Gasteiger partial charge on any atom is 0.260 e. The highest BCUT2D eigenvalue weighted by molar-refractivity contribution is 6.07. The van der Waals surface area contributed by atoms with Crippen molar-refractivity contribution in [3.8, 4) is 0 Å². The predicted molar refractivity (Wildman–Crippen MR) is 72.7 cm³/mol. The first-order valence-electron chi connectivity index (χ1n) is 5.70. The molecule has 3 rings (SSSR count). The van der Waals surface area contributed by atoms with Crippen LogP contribution < -0.4 is 11.1 Å². The minimum absolute atomic E-state index is 0.239. The van der Waals surface area contributed by atoms with E-state index >= 15 is 0 Å². The molecule has 0 saturated carbocycles. The third kappa shape index (κ3) is 2.11. The minimum atomic E-state index is -0.330. The van der Waals surface area contributed by atoms with Gasteiger partial charge in [0.05, 0.1) is 5.56 Å². The Kier molecular flexibility index (Phi) is 2.60. The molecule has 94 valence electrons. The molecule has 0 spiro atoms. The molecule has 0 bridgehead atoms. The molecule has 0 aliphatic rings. The Hall–Kier alpha value is -2.89. The molecule has 0 unspecified atom stereocenters. The largest absolute Gasteiger partial charge is 0.398 e. The van der Waals surface area contributed by atoms with Crippen molar-refractivity contribution in [3.63, 3.8) is 0 Å². The van der Waals surface area contributed by atoms with Crippen LogP contribution in [0.4, 0.5) is 11.6 Å². The summed E-state index contributed by atoms with van der Waals surface area (Å²) in [4.78, 5) is 23.2. The fourth-order valence-electron chi connectivity index (χ4n) is 1.77. The number of carbonyl (C=O) groups is 1. The van der Waals surface area contributed by atoms with E-state index in [1.54, 1.807) is 36.7 Å². The van der Waals surface area contributed by atoms with Crippen LogP contribution in [0.2, 0.25) is 0 Å². The summed E-state index contributed by atoms with van der Waals surface area (Å²) in [6.07, 6.45) is 3.41. The number of anilines is 2. The van der Waals surface area contributed by atoms with E-state index in [2.05, 4.69) is 20.3 Å². The van der Waals surface area contributed by atoms with Crippen LogP contribution >= 0.6 is 0 Å². The Bertz CT molecular complexity index is 749. The third-order valence-corrected chi connectivity index (χ3v) is 2.73. The molecule has 0 aliphatic heterocycles. The van der Waals surface area contributed by atoms with Crippen LogP contribution in [0.1, 0.15) is 10.4 Å². The van der Waals surface area contributed by atoms with Gasteiger partial charge >= 0.3 is 0 Å². The summed E-state index contributed by atoms with van der Waals surface area (Å²) in [6.45, 7) is 0. The maximum atomic E-state index is 12.0. The van der Waals surface area contributed by atoms with Crippen molar-refractivity contribution in [3.05, 3.63) is 48.3 Å². The number of hydrogen-bond acceptors (Lipinski definition) is 4. The highest BCUT2D eigenvalue weighted by Gasteiger charge is 2.10. The second-order valence-electron chi connectivity index (χ2n) is 4.02. The summed E-state index contributed by atoms with van der Waals surface area (Å²) in [5.41, 5.74) is 7.23. The normalized spacial score (nSPS) is 10.5. The van der Waals surface area contributed by atoms with E-state index in [1.165, 1.54) is 0 Å². The lowest BCUT2D eigenvalue weighted by Crippen LogP contribution is -2.15. The van der Waals surface area contributed by atoms with Crippen LogP contribution in [0.25, 0.3) is 11.0 Å². The Balaban J connectivity index is 1.88. The molecule has 1 amide bonds. The number of carbonyl (C=O) groups excluding carboxylic acids is 1. The first-order chi connectivity index (χ1) is 9.24. The molecule has 0 fully saturated rings. The van der Waals surface area contributed by atoms with Gasteiger partial charge < -0.3 is 10.7 Å². The van der Waals surface area contributed by atoms with E-state index in [4.69, 9.17) is 5.73 Å². The van der Waals surface area contributed by atoms with Crippen LogP contribution in [0, 0.1) is 0 Å². The third-order valence-electron chi connectivity index (χ3n) is 2.73. The Labute approximate surface area is 108 Å². The molecule has 0 saturated heterocycles. The summed E-state index contributed by atoms with van der Waals surface area (Å²) in [5.74, 6) is -0.0905. The number of para-hydroxylation sites is 1. The monoisotopic (exact) mass is 253 g/mol. The number of nitrogen functional groups attached to an aromatic ring is 1. The summed E-state index contributed by atoms with van der Waals surface area (Å²) < 4.78 is 0. The fourth-order valence-corrected chi connectivity index (χ4v) is 1.77. The zero-order valence-corrected chi connectivity index (χ0v) is 9.92. The SMILES string of the molecule is Nc1ccccc1C(=O)Nc1ncc2cc[nH]c2n1. The highest BCUT2D eigenvalue weighted by Crippen LogP contribution is 2.14. The van der Waals surface area contributed by atoms with Gasteiger partial charge in [-0.1, -0.05) is 12.1 Å². The Morgan fingerprint density at radius 2 is 2.11 bits per heavy atom. The lowest BCUT2D eigenvalue weighted by Gasteiger charge is -2.05. The van der Waals surface area contributed by atoms with Gasteiger partial charge in [0.25, 0.3) is 5.91 Å². The van der Waals surface area contributed by atoms with Gasteiger partial charge in [-0.2, -0.15) is 4.98 Å². The number of nitrogens with two attached hydrogens (primary N) is 1. The Morgan fingerprint density at radius 3 is 2.95 bits per heavy atom. The minimum Gasteiger partial charge on any atom is -0.398 e. The van der Waals surface area contributed by atoms with Gasteiger partial charge in [-0.15, -0.1) is 0 Å². The van der Waals surface area contributed by atoms with Gasteiger partial charge in [0.1, 0.15) is 5.65 Å². The van der Waals surface area contributed by atoms with Crippen molar-refractivity contribution in [1.82, 2.24) is 15.0 Å². The van der Waals surface area contributed by atoms with Gasteiger partial charge in [-0.3, -0.25) is 10.1 Å². The van der Waals surface area contributed by atoms with Crippen molar-refractivity contribution >= 4 is 28.6 Å². The number of fused-ring (bicyclic) bond motifs is 1. The second kappa shape index (κ2) is 4.41. The quantitative estimate of drug-likeness (QED) is 0.606. The Morgan fingerprint density at radius 1 is 1.26 bits per heavy atom. The van der Waals surface area contributed by atoms with E-state index in [-0.39, 0.29) is 11.9 Å². The van der Waals surface area contributed by atoms with Gasteiger partial charge in [0.2, 0.25) is 5.95 Å². The fraction of sp³-hybridized carbons (Fsp3) is 0. The van der Waals surface area contributed by atoms with Crippen molar-refractivity contribution < 1.29 is 4.79 Å². The zero-order chi connectivity index (χ0) is 13.2. The lowest BCUT2D eigenvalue weighted by atomic mass is 10.2. The molecule has 2 heterocycles. The van der Waals surface area contributed by atoms with E-state index in [0.717, 1.165) is 5.39 Å². The average Bonchev–Trinajstić information content (AvgIpc) is 2.86. The first kappa shape index (κ1) is 11.2. The number of aromatic amines is 1. The molecule has 0 atom stereocenters. The first-order valence-corrected chi connectivity index (χ1v) is 5.70. The van der Waals surface area contributed by atoms with Crippen LogP contribution in [-0.2, 0) is 0 Å². The summed E-state index contributed by atoms with van der Waals surface area (Å²) in [6, 6.07) is 8.70. The van der Waals surface area contributed by atoms with Gasteiger partial charge in [0.15, 0.2) is 0 Å². The molecule has 3 aromatic rings. The number of benzene rings is 1. The zero-order valence-electron chi connectivity index (χ0n) is 9.92. The van der Waals surface area contributed by atoms with Crippen LogP contribution in [0.3, 0.4) is 0 Å². The molecule has 0 aliphatic carbocycles. The summed E-state index contributed by atoms with van der Waals surface area (Å²) in [5, 5.41) is 3.51. The lowest BCUT2D eigenvalue weighted by molar-refractivity contribution is 0.102. The van der Waals surface area contributed by atoms with E-state index < -0.39 is 0 Å². The number of aromatic nitrogens is 3. The van der Waals surface area contributed by atoms with Crippen LogP contribution in [-0.4, -0.2) is 20.9 Å². The van der Waals surface area contributed by atoms with Crippen molar-refractivity contribution in [2.45, 2.75) is 0 Å². The van der Waals surface area contributed by atoms with Crippen LogP contribution in [0.15, 0.2) is 42.7 Å². The summed E-state index contributed by atoms with van der Waals surface area (Å²) in [7, 11) is 0. The number of H-pyrrole nitrogens is 1. The van der Waals surface area contributed by atoms with E-state index in [9.17, 15) is 4.79 Å². The highest BCUT2D eigenvalue weighted by atomic mass is 16.1. The molecular weight excluding hydrogens is 242 g/mol. The number of rotatable bonds is 2. The number of hydrogen-bond donors (Lipinski definition) is 3. The number of amides is 1. The van der Waals surface area contributed by atoms with E-state index in [1.807, 2.05) is 6.07 Å². The molecule has 1 aromatic carbocycles. The van der Waals surface area contributed by atoms with Crippen molar-refractivity contribution in [2.75, 3.05) is 11.1 Å². The van der Waals surface area contributed by atoms with Crippen molar-refractivity contribution in [1.29, 1.82) is 0 Å². The molecule has 2 aromatic heterocycles. The smallest absolute Gasteiger partial charge is 0.260 e. The van der Waals surface area contributed by atoms with Gasteiger partial charge in [0, 0.05) is 23.5 Å². The second-order valence-corrected chi connectivity index (χ2v) is 4.02. The van der Waals surface area contributed by atoms with E-state index in [0.29, 0.717) is 16.9 Å². The molecule has 4 N–H and O–H groups in total. The topological polar surface area (TPSA) is 96.7 Å². The van der Waals surface area contributed by atoms with Gasteiger partial charge in [-0.05, 0) is 18.2 Å². The molecule has 6 heteroatoms. The maximum absolute atomic E-state index is 12.0. The van der Waals surface area contributed by atoms with Gasteiger partial charge in [-0.25, -0.2) is 4.98 Å². The molecule has 0 radical (unpaired) electrons. The molecular formula is C13H11N5O. The molecule has 6 nitrogen and oxygen atoms in total. The van der Waals surface area contributed by atoms with Crippen molar-refractivity contribution in [2.24, 2.45) is 0 Å².